The van der Waals surface area contributed by atoms with Crippen molar-refractivity contribution in [1.82, 2.24) is 5.01 Å². The molecule has 1 aromatic rings. The minimum absolute atomic E-state index is 0.204. The van der Waals surface area contributed by atoms with E-state index in [1.807, 2.05) is 0 Å². The second kappa shape index (κ2) is 7.93. The van der Waals surface area contributed by atoms with Crippen LogP contribution >= 0.6 is 24.0 Å². The van der Waals surface area contributed by atoms with Crippen molar-refractivity contribution in [2.45, 2.75) is 6.92 Å². The number of thioether (sulfide) groups is 1. The molecule has 1 amide bonds. The summed E-state index contributed by atoms with van der Waals surface area (Å²) >= 11 is 6.28. The van der Waals surface area contributed by atoms with Crippen molar-refractivity contribution in [1.29, 1.82) is 0 Å². The number of nitrogens with zero attached hydrogens (tertiary/aromatic N) is 2. The van der Waals surface area contributed by atoms with Crippen molar-refractivity contribution in [3.05, 3.63) is 23.8 Å². The number of aliphatic carboxylic acids is 1. The summed E-state index contributed by atoms with van der Waals surface area (Å²) in [5.74, 6) is -0.387. The lowest BCUT2D eigenvalue weighted by Gasteiger charge is -2.13. The summed E-state index contributed by atoms with van der Waals surface area (Å²) in [6.45, 7) is 1.69. The molecule has 0 aromatic heterocycles. The third-order valence-electron chi connectivity index (χ3n) is 2.69. The molecule has 0 bridgehead atoms. The molecule has 0 spiro atoms. The summed E-state index contributed by atoms with van der Waals surface area (Å²) in [5, 5.41) is 14.0. The molecule has 1 fully saturated rings. The number of benzene rings is 1. The molecular weight excluding hydrogens is 340 g/mol. The minimum atomic E-state index is -1.11. The highest BCUT2D eigenvalue weighted by molar-refractivity contribution is 8.23. The van der Waals surface area contributed by atoms with Crippen molar-refractivity contribution in [3.63, 3.8) is 0 Å². The molecule has 1 saturated heterocycles. The number of hydrogen-bond donors (Lipinski definition) is 1. The van der Waals surface area contributed by atoms with Gasteiger partial charge in [0.15, 0.2) is 22.4 Å². The Morgan fingerprint density at radius 1 is 1.52 bits per heavy atom. The van der Waals surface area contributed by atoms with Crippen LogP contribution in [0.2, 0.25) is 0 Å². The van der Waals surface area contributed by atoms with Crippen LogP contribution in [-0.4, -0.2) is 51.5 Å². The molecule has 1 aromatic carbocycles. The van der Waals surface area contributed by atoms with Crippen LogP contribution in [-0.2, 0) is 9.59 Å². The van der Waals surface area contributed by atoms with Crippen LogP contribution in [0, 0.1) is 0 Å². The smallest absolute Gasteiger partial charge is 0.341 e. The second-order valence-electron chi connectivity index (χ2n) is 4.29. The third kappa shape index (κ3) is 4.42. The lowest BCUT2D eigenvalue weighted by Crippen LogP contribution is -2.22. The van der Waals surface area contributed by atoms with Gasteiger partial charge in [-0.2, -0.15) is 10.1 Å². The predicted octanol–water partition coefficient (Wildman–Crippen LogP) is 1.74. The molecule has 0 saturated carbocycles. The summed E-state index contributed by atoms with van der Waals surface area (Å²) in [7, 11) is 0. The maximum atomic E-state index is 11.6. The van der Waals surface area contributed by atoms with Gasteiger partial charge in [0, 0.05) is 5.56 Å². The molecule has 122 valence electrons. The Labute approximate surface area is 142 Å². The van der Waals surface area contributed by atoms with Gasteiger partial charge in [0.1, 0.15) is 0 Å². The first-order valence-corrected chi connectivity index (χ1v) is 8.06. The van der Waals surface area contributed by atoms with E-state index < -0.39 is 12.6 Å². The van der Waals surface area contributed by atoms with Gasteiger partial charge in [-0.3, -0.25) is 4.79 Å². The second-order valence-corrected chi connectivity index (χ2v) is 5.90. The van der Waals surface area contributed by atoms with Gasteiger partial charge in [0.25, 0.3) is 5.91 Å². The third-order valence-corrected chi connectivity index (χ3v) is 4.03. The molecule has 2 rings (SSSR count). The van der Waals surface area contributed by atoms with Gasteiger partial charge in [-0.1, -0.05) is 30.0 Å². The predicted molar refractivity (Wildman–Crippen MR) is 90.2 cm³/mol. The summed E-state index contributed by atoms with van der Waals surface area (Å²) in [5.41, 5.74) is 0.490. The first kappa shape index (κ1) is 17.2. The highest BCUT2D eigenvalue weighted by Gasteiger charge is 2.26. The largest absolute Gasteiger partial charge is 0.490 e. The fraction of sp³-hybridized carbons (Fsp3) is 0.286. The average molecular weight is 354 g/mol. The Hall–Kier alpha value is -2.13. The molecule has 7 nitrogen and oxygen atoms in total. The van der Waals surface area contributed by atoms with Crippen LogP contribution in [0.1, 0.15) is 12.5 Å². The van der Waals surface area contributed by atoms with E-state index in [1.54, 1.807) is 25.1 Å². The summed E-state index contributed by atoms with van der Waals surface area (Å²) < 4.78 is 11.1. The zero-order valence-electron chi connectivity index (χ0n) is 12.2. The minimum Gasteiger partial charge on any atom is -0.490 e. The van der Waals surface area contributed by atoms with Gasteiger partial charge in [-0.25, -0.2) is 4.79 Å². The molecular formula is C14H14N2O5S2. The van der Waals surface area contributed by atoms with E-state index >= 15 is 0 Å². The number of rotatable bonds is 7. The number of carbonyl (C=O) groups is 2. The Morgan fingerprint density at radius 3 is 2.91 bits per heavy atom. The molecule has 0 aliphatic carbocycles. The first-order chi connectivity index (χ1) is 11.0. The van der Waals surface area contributed by atoms with E-state index in [1.165, 1.54) is 18.0 Å². The fourth-order valence-corrected chi connectivity index (χ4v) is 2.74. The van der Waals surface area contributed by atoms with Crippen LogP contribution in [0.4, 0.5) is 0 Å². The number of carbonyl (C=O) groups excluding carboxylic acids is 1. The van der Waals surface area contributed by atoms with Gasteiger partial charge in [-0.15, -0.1) is 0 Å². The van der Waals surface area contributed by atoms with Crippen molar-refractivity contribution in [2.24, 2.45) is 5.10 Å². The lowest BCUT2D eigenvalue weighted by atomic mass is 10.2. The molecule has 0 radical (unpaired) electrons. The number of carboxylic acid groups (broad SMARTS) is 1. The van der Waals surface area contributed by atoms with Crippen LogP contribution in [0.5, 0.6) is 11.5 Å². The van der Waals surface area contributed by atoms with E-state index in [4.69, 9.17) is 26.8 Å². The molecule has 0 atom stereocenters. The van der Waals surface area contributed by atoms with Crippen molar-refractivity contribution < 1.29 is 24.2 Å². The Kier molecular flexibility index (Phi) is 5.94. The quantitative estimate of drug-likeness (QED) is 0.589. The van der Waals surface area contributed by atoms with Crippen molar-refractivity contribution in [2.75, 3.05) is 19.0 Å². The Balaban J connectivity index is 2.28. The fourth-order valence-electron chi connectivity index (χ4n) is 1.77. The van der Waals surface area contributed by atoms with Gasteiger partial charge < -0.3 is 14.6 Å². The van der Waals surface area contributed by atoms with E-state index in [2.05, 4.69) is 5.10 Å². The van der Waals surface area contributed by atoms with Gasteiger partial charge in [-0.05, 0) is 19.1 Å². The van der Waals surface area contributed by atoms with E-state index in [-0.39, 0.29) is 17.4 Å². The maximum Gasteiger partial charge on any atom is 0.341 e. The number of para-hydroxylation sites is 1. The van der Waals surface area contributed by atoms with Crippen LogP contribution < -0.4 is 9.47 Å². The number of hydrogen-bond acceptors (Lipinski definition) is 7. The molecule has 0 unspecified atom stereocenters. The monoisotopic (exact) mass is 354 g/mol. The first-order valence-electron chi connectivity index (χ1n) is 6.67. The molecule has 1 N–H and O–H groups in total. The van der Waals surface area contributed by atoms with Gasteiger partial charge in [0.05, 0.1) is 18.6 Å². The van der Waals surface area contributed by atoms with Gasteiger partial charge >= 0.3 is 5.97 Å². The molecule has 23 heavy (non-hydrogen) atoms. The normalized spacial score (nSPS) is 14.6. The number of ether oxygens (including phenoxy) is 2. The van der Waals surface area contributed by atoms with Crippen LogP contribution in [0.3, 0.4) is 0 Å². The maximum absolute atomic E-state index is 11.6. The van der Waals surface area contributed by atoms with E-state index in [9.17, 15) is 9.59 Å². The number of carboxylic acids is 1. The number of amides is 1. The van der Waals surface area contributed by atoms with E-state index in [0.717, 1.165) is 5.01 Å². The molecule has 1 aliphatic heterocycles. The molecule has 1 aliphatic rings. The zero-order valence-corrected chi connectivity index (χ0v) is 13.9. The molecule has 1 heterocycles. The van der Waals surface area contributed by atoms with Crippen LogP contribution in [0.25, 0.3) is 0 Å². The number of thiocarbonyl (C=S) groups is 1. The van der Waals surface area contributed by atoms with Gasteiger partial charge in [0.2, 0.25) is 0 Å². The SMILES string of the molecule is CCOc1cccc(/C=N\N2C(=O)CSC2=S)c1OCC(=O)O. The standard InChI is InChI=1S/C14H14N2O5S2/c1-2-20-10-5-3-4-9(13(10)21-7-12(18)19)6-15-16-11(17)8-23-14(16)22/h3-6H,2,7-8H2,1H3,(H,18,19)/b15-6-. The summed E-state index contributed by atoms with van der Waals surface area (Å²) in [6.07, 6.45) is 1.40. The average Bonchev–Trinajstić information content (AvgIpc) is 2.83. The van der Waals surface area contributed by atoms with Crippen molar-refractivity contribution in [3.8, 4) is 11.5 Å². The molecule has 9 heteroatoms. The number of hydrazone groups is 1. The van der Waals surface area contributed by atoms with Crippen LogP contribution in [0.15, 0.2) is 23.3 Å². The zero-order chi connectivity index (χ0) is 16.8. The van der Waals surface area contributed by atoms with E-state index in [0.29, 0.717) is 22.2 Å². The summed E-state index contributed by atoms with van der Waals surface area (Å²) in [4.78, 5) is 22.4. The van der Waals surface area contributed by atoms with Crippen molar-refractivity contribution >= 4 is 46.4 Å². The highest BCUT2D eigenvalue weighted by atomic mass is 32.2. The summed E-state index contributed by atoms with van der Waals surface area (Å²) in [6, 6.07) is 5.07. The topological polar surface area (TPSA) is 88.4 Å². The Morgan fingerprint density at radius 2 is 2.30 bits per heavy atom. The highest BCUT2D eigenvalue weighted by Crippen LogP contribution is 2.31. The lowest BCUT2D eigenvalue weighted by molar-refractivity contribution is -0.139. The Bertz CT molecular complexity index is 647.